The Balaban J connectivity index is 1.32. The van der Waals surface area contributed by atoms with Crippen molar-refractivity contribution >= 4 is 17.4 Å². The van der Waals surface area contributed by atoms with Gasteiger partial charge in [0.2, 0.25) is 5.95 Å². The number of hydrogen-bond acceptors (Lipinski definition) is 6. The Bertz CT molecular complexity index is 1110. The van der Waals surface area contributed by atoms with Gasteiger partial charge in [0.05, 0.1) is 11.3 Å². The Labute approximate surface area is 180 Å². The number of phenols is 1. The van der Waals surface area contributed by atoms with Gasteiger partial charge in [-0.25, -0.2) is 14.4 Å². The number of para-hydroxylation sites is 1. The maximum Gasteiger partial charge on any atom is 0.225 e. The van der Waals surface area contributed by atoms with Gasteiger partial charge in [0, 0.05) is 50.4 Å². The molecule has 0 spiro atoms. The van der Waals surface area contributed by atoms with E-state index in [1.54, 1.807) is 30.5 Å². The molecule has 2 heterocycles. The highest BCUT2D eigenvalue weighted by molar-refractivity contribution is 5.98. The summed E-state index contributed by atoms with van der Waals surface area (Å²) < 4.78 is 13.2. The van der Waals surface area contributed by atoms with E-state index in [-0.39, 0.29) is 23.3 Å². The lowest BCUT2D eigenvalue weighted by atomic mass is 9.82. The van der Waals surface area contributed by atoms with E-state index in [2.05, 4.69) is 14.8 Å². The fourth-order valence-corrected chi connectivity index (χ4v) is 4.46. The molecule has 158 valence electrons. The third-order valence-corrected chi connectivity index (χ3v) is 6.16. The molecule has 6 nitrogen and oxygen atoms in total. The van der Waals surface area contributed by atoms with Crippen LogP contribution in [-0.4, -0.2) is 47.0 Å². The van der Waals surface area contributed by atoms with E-state index < -0.39 is 0 Å². The van der Waals surface area contributed by atoms with E-state index in [1.165, 1.54) is 12.1 Å². The topological polar surface area (TPSA) is 69.6 Å². The highest BCUT2D eigenvalue weighted by Crippen LogP contribution is 2.36. The predicted molar refractivity (Wildman–Crippen MR) is 116 cm³/mol. The van der Waals surface area contributed by atoms with E-state index in [0.29, 0.717) is 24.4 Å². The number of nitrogens with zero attached hydrogens (tertiary/aromatic N) is 4. The van der Waals surface area contributed by atoms with Crippen molar-refractivity contribution in [2.75, 3.05) is 36.0 Å². The molecule has 1 unspecified atom stereocenters. The summed E-state index contributed by atoms with van der Waals surface area (Å²) in [6.07, 6.45) is 2.60. The fraction of sp³-hybridized carbons (Fsp3) is 0.292. The number of hydrogen-bond donors (Lipinski definition) is 1. The molecular formula is C24H23FN4O2. The van der Waals surface area contributed by atoms with Crippen LogP contribution in [0.4, 0.5) is 16.0 Å². The van der Waals surface area contributed by atoms with E-state index in [0.717, 1.165) is 43.1 Å². The molecule has 1 saturated heterocycles. The molecule has 1 N–H and O–H groups in total. The number of anilines is 2. The van der Waals surface area contributed by atoms with Crippen LogP contribution < -0.4 is 9.80 Å². The number of fused-ring (bicyclic) bond motifs is 1. The van der Waals surface area contributed by atoms with Crippen LogP contribution in [0.3, 0.4) is 0 Å². The summed E-state index contributed by atoms with van der Waals surface area (Å²) in [4.78, 5) is 26.2. The van der Waals surface area contributed by atoms with E-state index in [9.17, 15) is 14.3 Å². The first-order chi connectivity index (χ1) is 15.1. The van der Waals surface area contributed by atoms with Gasteiger partial charge in [-0.1, -0.05) is 18.2 Å². The SMILES string of the molecule is O=C1CC(c2ccccc2O)Cc2nc(N3CCN(c4ccc(F)cc4)CC3)ncc21. The zero-order valence-electron chi connectivity index (χ0n) is 17.0. The number of aromatic nitrogens is 2. The standard InChI is InChI=1S/C24H23FN4O2/c25-17-5-7-18(8-6-17)28-9-11-29(12-10-28)24-26-15-20-21(27-24)13-16(14-23(20)31)19-3-1-2-4-22(19)30/h1-8,15-16,30H,9-14H2. The first-order valence-corrected chi connectivity index (χ1v) is 10.5. The predicted octanol–water partition coefficient (Wildman–Crippen LogP) is 3.56. The summed E-state index contributed by atoms with van der Waals surface area (Å²) in [5, 5.41) is 10.2. The number of piperazine rings is 1. The molecule has 1 aliphatic carbocycles. The van der Waals surface area contributed by atoms with Crippen molar-refractivity contribution in [3.8, 4) is 5.75 Å². The summed E-state index contributed by atoms with van der Waals surface area (Å²) in [6.45, 7) is 3.05. The molecule has 0 amide bonds. The number of phenolic OH excluding ortho intramolecular Hbond substituents is 1. The van der Waals surface area contributed by atoms with Gasteiger partial charge in [0.25, 0.3) is 0 Å². The highest BCUT2D eigenvalue weighted by atomic mass is 19.1. The van der Waals surface area contributed by atoms with Gasteiger partial charge in [0.15, 0.2) is 5.78 Å². The summed E-state index contributed by atoms with van der Waals surface area (Å²) in [7, 11) is 0. The second-order valence-electron chi connectivity index (χ2n) is 8.07. The first-order valence-electron chi connectivity index (χ1n) is 10.5. The number of carbonyl (C=O) groups excluding carboxylic acids is 1. The molecule has 0 radical (unpaired) electrons. The molecule has 1 fully saturated rings. The molecule has 0 bridgehead atoms. The largest absolute Gasteiger partial charge is 0.508 e. The molecule has 2 aliphatic rings. The molecule has 31 heavy (non-hydrogen) atoms. The summed E-state index contributed by atoms with van der Waals surface area (Å²) in [5.41, 5.74) is 3.12. The smallest absolute Gasteiger partial charge is 0.225 e. The van der Waals surface area contributed by atoms with Crippen molar-refractivity contribution < 1.29 is 14.3 Å². The average Bonchev–Trinajstić information content (AvgIpc) is 2.79. The second-order valence-corrected chi connectivity index (χ2v) is 8.07. The van der Waals surface area contributed by atoms with Crippen LogP contribution >= 0.6 is 0 Å². The Morgan fingerprint density at radius 2 is 1.65 bits per heavy atom. The highest BCUT2D eigenvalue weighted by Gasteiger charge is 2.30. The lowest BCUT2D eigenvalue weighted by Crippen LogP contribution is -2.47. The minimum atomic E-state index is -0.235. The van der Waals surface area contributed by atoms with Crippen LogP contribution in [0.1, 0.15) is 34.0 Å². The third-order valence-electron chi connectivity index (χ3n) is 6.16. The van der Waals surface area contributed by atoms with Crippen LogP contribution in [0.5, 0.6) is 5.75 Å². The summed E-state index contributed by atoms with van der Waals surface area (Å²) in [6, 6.07) is 13.7. The van der Waals surface area contributed by atoms with Gasteiger partial charge < -0.3 is 14.9 Å². The van der Waals surface area contributed by atoms with Crippen molar-refractivity contribution in [1.29, 1.82) is 0 Å². The molecule has 0 saturated carbocycles. The van der Waals surface area contributed by atoms with Gasteiger partial charge in [-0.15, -0.1) is 0 Å². The molecule has 1 aliphatic heterocycles. The minimum Gasteiger partial charge on any atom is -0.508 e. The lowest BCUT2D eigenvalue weighted by molar-refractivity contribution is 0.0962. The third kappa shape index (κ3) is 3.83. The Morgan fingerprint density at radius 3 is 2.39 bits per heavy atom. The van der Waals surface area contributed by atoms with Gasteiger partial charge in [-0.05, 0) is 42.3 Å². The van der Waals surface area contributed by atoms with Gasteiger partial charge in [0.1, 0.15) is 11.6 Å². The van der Waals surface area contributed by atoms with Crippen molar-refractivity contribution in [2.24, 2.45) is 0 Å². The molecule has 7 heteroatoms. The number of aromatic hydroxyl groups is 1. The number of carbonyl (C=O) groups is 1. The zero-order chi connectivity index (χ0) is 21.4. The quantitative estimate of drug-likeness (QED) is 0.702. The van der Waals surface area contributed by atoms with Gasteiger partial charge >= 0.3 is 0 Å². The molecule has 1 aromatic heterocycles. The maximum atomic E-state index is 13.2. The number of rotatable bonds is 3. The van der Waals surface area contributed by atoms with E-state index >= 15 is 0 Å². The summed E-state index contributed by atoms with van der Waals surface area (Å²) >= 11 is 0. The molecule has 1 atom stereocenters. The summed E-state index contributed by atoms with van der Waals surface area (Å²) in [5.74, 6) is 0.543. The number of halogens is 1. The van der Waals surface area contributed by atoms with Crippen LogP contribution in [-0.2, 0) is 6.42 Å². The first kappa shape index (κ1) is 19.5. The van der Waals surface area contributed by atoms with Crippen molar-refractivity contribution in [1.82, 2.24) is 9.97 Å². The molecule has 2 aromatic carbocycles. The van der Waals surface area contributed by atoms with Crippen LogP contribution in [0.25, 0.3) is 0 Å². The number of ketones is 1. The van der Waals surface area contributed by atoms with Crippen LogP contribution in [0, 0.1) is 5.82 Å². The zero-order valence-corrected chi connectivity index (χ0v) is 17.0. The Kier molecular flexibility index (Phi) is 5.02. The van der Waals surface area contributed by atoms with Crippen LogP contribution in [0.15, 0.2) is 54.7 Å². The van der Waals surface area contributed by atoms with Gasteiger partial charge in [-0.3, -0.25) is 4.79 Å². The van der Waals surface area contributed by atoms with E-state index in [4.69, 9.17) is 4.98 Å². The van der Waals surface area contributed by atoms with Gasteiger partial charge in [-0.2, -0.15) is 0 Å². The van der Waals surface area contributed by atoms with Crippen LogP contribution in [0.2, 0.25) is 0 Å². The lowest BCUT2D eigenvalue weighted by Gasteiger charge is -2.36. The second kappa shape index (κ2) is 7.98. The molecular weight excluding hydrogens is 395 g/mol. The normalized spacial score (nSPS) is 18.7. The Morgan fingerprint density at radius 1 is 0.935 bits per heavy atom. The molecule has 5 rings (SSSR count). The van der Waals surface area contributed by atoms with Crippen molar-refractivity contribution in [3.05, 3.63) is 77.4 Å². The average molecular weight is 418 g/mol. The minimum absolute atomic E-state index is 0.0159. The van der Waals surface area contributed by atoms with Crippen molar-refractivity contribution in [3.63, 3.8) is 0 Å². The molecule has 3 aromatic rings. The Hall–Kier alpha value is -3.48. The monoisotopic (exact) mass is 418 g/mol. The fourth-order valence-electron chi connectivity index (χ4n) is 4.46. The number of Topliss-reactive ketones (excluding diaryl/α,β-unsaturated/α-hetero) is 1. The van der Waals surface area contributed by atoms with Crippen molar-refractivity contribution in [2.45, 2.75) is 18.8 Å². The maximum absolute atomic E-state index is 13.2. The number of benzene rings is 2. The van der Waals surface area contributed by atoms with E-state index in [1.807, 2.05) is 12.1 Å².